The number of fused-ring (bicyclic) bond motifs is 2. The van der Waals surface area contributed by atoms with Crippen LogP contribution in [0.1, 0.15) is 0 Å². The zero-order chi connectivity index (χ0) is 19.3. The molecule has 0 aliphatic carbocycles. The van der Waals surface area contributed by atoms with Crippen molar-refractivity contribution >= 4 is 33.5 Å². The van der Waals surface area contributed by atoms with Gasteiger partial charge in [0.25, 0.3) is 0 Å². The van der Waals surface area contributed by atoms with Crippen molar-refractivity contribution in [2.45, 2.75) is 0 Å². The van der Waals surface area contributed by atoms with Crippen molar-refractivity contribution in [3.8, 4) is 11.5 Å². The molecule has 136 valence electrons. The van der Waals surface area contributed by atoms with E-state index in [1.165, 1.54) is 0 Å². The Bertz CT molecular complexity index is 1100. The molecule has 0 unspecified atom stereocenters. The van der Waals surface area contributed by atoms with Crippen molar-refractivity contribution in [1.82, 2.24) is 0 Å². The second-order valence-electron chi connectivity index (χ2n) is 6.13. The molecule has 4 heteroatoms. The molecule has 0 heterocycles. The average molecular weight is 368 g/mol. The van der Waals surface area contributed by atoms with E-state index in [-0.39, 0.29) is 0 Å². The summed E-state index contributed by atoms with van der Waals surface area (Å²) in [6.45, 7) is 0. The van der Waals surface area contributed by atoms with Crippen LogP contribution in [0.4, 0.5) is 0 Å². The first-order valence-corrected chi connectivity index (χ1v) is 8.78. The molecule has 0 radical (unpaired) electrons. The topological polar surface area (TPSA) is 52.6 Å². The second kappa shape index (κ2) is 7.76. The number of carbonyl (C=O) groups is 2. The molecule has 0 bridgehead atoms. The standard InChI is InChI=1S/C24H16O4/c25-23(27-21-13-5-9-17-7-1-3-11-19(17)21)15-16-24(26)28-22-14-6-10-18-8-2-4-12-20(18)22/h1-16H. The molecule has 0 aromatic heterocycles. The maximum Gasteiger partial charge on any atom is 0.336 e. The zero-order valence-electron chi connectivity index (χ0n) is 14.9. The summed E-state index contributed by atoms with van der Waals surface area (Å²) in [6.07, 6.45) is 2.13. The quantitative estimate of drug-likeness (QED) is 0.287. The summed E-state index contributed by atoms with van der Waals surface area (Å²) in [5.41, 5.74) is 0. The van der Waals surface area contributed by atoms with Crippen LogP contribution >= 0.6 is 0 Å². The fraction of sp³-hybridized carbons (Fsp3) is 0. The van der Waals surface area contributed by atoms with Gasteiger partial charge < -0.3 is 9.47 Å². The second-order valence-corrected chi connectivity index (χ2v) is 6.13. The van der Waals surface area contributed by atoms with Gasteiger partial charge in [0.15, 0.2) is 0 Å². The molecule has 4 rings (SSSR count). The molecule has 0 N–H and O–H groups in total. The first-order chi connectivity index (χ1) is 13.7. The molecule has 4 nitrogen and oxygen atoms in total. The van der Waals surface area contributed by atoms with Crippen molar-refractivity contribution in [2.24, 2.45) is 0 Å². The number of benzene rings is 4. The summed E-state index contributed by atoms with van der Waals surface area (Å²) in [7, 11) is 0. The Morgan fingerprint density at radius 3 is 1.39 bits per heavy atom. The minimum atomic E-state index is -0.647. The molecule has 4 aromatic rings. The molecule has 0 amide bonds. The van der Waals surface area contributed by atoms with Crippen LogP contribution < -0.4 is 9.47 Å². The smallest absolute Gasteiger partial charge is 0.336 e. The first kappa shape index (κ1) is 17.5. The van der Waals surface area contributed by atoms with Crippen molar-refractivity contribution in [3.05, 3.63) is 97.1 Å². The van der Waals surface area contributed by atoms with Gasteiger partial charge in [0.2, 0.25) is 0 Å². The fourth-order valence-electron chi connectivity index (χ4n) is 2.99. The molecule has 0 aliphatic rings. The maximum atomic E-state index is 12.1. The van der Waals surface area contributed by atoms with Crippen LogP contribution in [0.2, 0.25) is 0 Å². The predicted octanol–water partition coefficient (Wildman–Crippen LogP) is 5.06. The van der Waals surface area contributed by atoms with Gasteiger partial charge in [-0.3, -0.25) is 0 Å². The molecule has 0 saturated carbocycles. The Kier molecular flexibility index (Phi) is 4.85. The van der Waals surface area contributed by atoms with Crippen molar-refractivity contribution in [2.75, 3.05) is 0 Å². The van der Waals surface area contributed by atoms with Crippen molar-refractivity contribution < 1.29 is 19.1 Å². The Hall–Kier alpha value is -3.92. The number of carbonyl (C=O) groups excluding carboxylic acids is 2. The van der Waals surface area contributed by atoms with Gasteiger partial charge in [-0.15, -0.1) is 0 Å². The highest BCUT2D eigenvalue weighted by Gasteiger charge is 2.08. The van der Waals surface area contributed by atoms with E-state index in [0.29, 0.717) is 11.5 Å². The lowest BCUT2D eigenvalue weighted by atomic mass is 10.1. The SMILES string of the molecule is O=C(C=CC(=O)Oc1cccc2ccccc12)Oc1cccc2ccccc12. The molecule has 28 heavy (non-hydrogen) atoms. The van der Waals surface area contributed by atoms with E-state index < -0.39 is 11.9 Å². The lowest BCUT2D eigenvalue weighted by Gasteiger charge is -2.06. The molecule has 0 fully saturated rings. The Balaban J connectivity index is 1.46. The number of rotatable bonds is 4. The molecule has 0 atom stereocenters. The van der Waals surface area contributed by atoms with Gasteiger partial charge >= 0.3 is 11.9 Å². The van der Waals surface area contributed by atoms with Crippen LogP contribution in [0, 0.1) is 0 Å². The first-order valence-electron chi connectivity index (χ1n) is 8.78. The van der Waals surface area contributed by atoms with Crippen LogP contribution in [0.15, 0.2) is 97.1 Å². The van der Waals surface area contributed by atoms with E-state index in [2.05, 4.69) is 0 Å². The predicted molar refractivity (Wildman–Crippen MR) is 108 cm³/mol. The van der Waals surface area contributed by atoms with E-state index in [9.17, 15) is 9.59 Å². The highest BCUT2D eigenvalue weighted by Crippen LogP contribution is 2.26. The normalized spacial score (nSPS) is 11.0. The number of esters is 2. The fourth-order valence-corrected chi connectivity index (χ4v) is 2.99. The number of hydrogen-bond donors (Lipinski definition) is 0. The van der Waals surface area contributed by atoms with E-state index in [0.717, 1.165) is 33.7 Å². The summed E-state index contributed by atoms with van der Waals surface area (Å²) >= 11 is 0. The maximum absolute atomic E-state index is 12.1. The van der Waals surface area contributed by atoms with Gasteiger partial charge in [-0.05, 0) is 22.9 Å². The minimum absolute atomic E-state index is 0.440. The number of ether oxygens (including phenoxy) is 2. The van der Waals surface area contributed by atoms with Crippen molar-refractivity contribution in [3.63, 3.8) is 0 Å². The summed E-state index contributed by atoms with van der Waals surface area (Å²) in [6, 6.07) is 26.1. The van der Waals surface area contributed by atoms with Gasteiger partial charge in [0.1, 0.15) is 11.5 Å². The van der Waals surface area contributed by atoms with Gasteiger partial charge in [-0.2, -0.15) is 0 Å². The van der Waals surface area contributed by atoms with Crippen LogP contribution in [-0.2, 0) is 9.59 Å². The summed E-state index contributed by atoms with van der Waals surface area (Å²) in [4.78, 5) is 24.2. The third kappa shape index (κ3) is 3.76. The van der Waals surface area contributed by atoms with Crippen LogP contribution in [0.5, 0.6) is 11.5 Å². The van der Waals surface area contributed by atoms with Crippen LogP contribution in [0.25, 0.3) is 21.5 Å². The molecule has 0 spiro atoms. The zero-order valence-corrected chi connectivity index (χ0v) is 14.9. The van der Waals surface area contributed by atoms with E-state index in [4.69, 9.17) is 9.47 Å². The Morgan fingerprint density at radius 2 is 0.929 bits per heavy atom. The molecule has 0 aliphatic heterocycles. The van der Waals surface area contributed by atoms with Crippen LogP contribution in [-0.4, -0.2) is 11.9 Å². The average Bonchev–Trinajstić information content (AvgIpc) is 2.73. The monoisotopic (exact) mass is 368 g/mol. The van der Waals surface area contributed by atoms with E-state index in [1.54, 1.807) is 12.1 Å². The molecule has 4 aromatic carbocycles. The van der Waals surface area contributed by atoms with Gasteiger partial charge in [-0.25, -0.2) is 9.59 Å². The Labute approximate surface area is 161 Å². The third-order valence-electron chi connectivity index (χ3n) is 4.28. The third-order valence-corrected chi connectivity index (χ3v) is 4.28. The minimum Gasteiger partial charge on any atom is -0.423 e. The largest absolute Gasteiger partial charge is 0.423 e. The van der Waals surface area contributed by atoms with Crippen LogP contribution in [0.3, 0.4) is 0 Å². The Morgan fingerprint density at radius 1 is 0.536 bits per heavy atom. The van der Waals surface area contributed by atoms with E-state index in [1.807, 2.05) is 72.8 Å². The van der Waals surface area contributed by atoms with Crippen molar-refractivity contribution in [1.29, 1.82) is 0 Å². The van der Waals surface area contributed by atoms with Gasteiger partial charge in [-0.1, -0.05) is 72.8 Å². The summed E-state index contributed by atoms with van der Waals surface area (Å²) < 4.78 is 10.7. The lowest BCUT2D eigenvalue weighted by molar-refractivity contribution is -0.131. The van der Waals surface area contributed by atoms with Gasteiger partial charge in [0.05, 0.1) is 0 Å². The molecular weight excluding hydrogens is 352 g/mol. The summed E-state index contributed by atoms with van der Waals surface area (Å²) in [5, 5.41) is 3.58. The summed E-state index contributed by atoms with van der Waals surface area (Å²) in [5.74, 6) is -0.414. The molecular formula is C24H16O4. The van der Waals surface area contributed by atoms with Gasteiger partial charge in [0, 0.05) is 22.9 Å². The highest BCUT2D eigenvalue weighted by atomic mass is 16.5. The highest BCUT2D eigenvalue weighted by molar-refractivity contribution is 5.97. The van der Waals surface area contributed by atoms with E-state index >= 15 is 0 Å². The molecule has 0 saturated heterocycles. The lowest BCUT2D eigenvalue weighted by Crippen LogP contribution is -2.08. The number of hydrogen-bond acceptors (Lipinski definition) is 4.